The van der Waals surface area contributed by atoms with Crippen molar-refractivity contribution in [3.8, 4) is 0 Å². The van der Waals surface area contributed by atoms with Crippen molar-refractivity contribution in [3.63, 3.8) is 0 Å². The molecule has 0 fully saturated rings. The highest BCUT2D eigenvalue weighted by Gasteiger charge is 2.00. The molecular weight excluding hydrogens is 136 g/mol. The summed E-state index contributed by atoms with van der Waals surface area (Å²) in [6.45, 7) is 3.99. The first kappa shape index (κ1) is 7.79. The van der Waals surface area contributed by atoms with Crippen molar-refractivity contribution < 1.29 is 0 Å². The SMILES string of the molecule is C/C=C\N1C=CN=C/C1=C/C. The zero-order chi connectivity index (χ0) is 8.10. The Kier molecular flexibility index (Phi) is 2.66. The van der Waals surface area contributed by atoms with Gasteiger partial charge in [-0.1, -0.05) is 12.2 Å². The molecule has 0 radical (unpaired) electrons. The van der Waals surface area contributed by atoms with Crippen LogP contribution in [0.15, 0.2) is 41.4 Å². The summed E-state index contributed by atoms with van der Waals surface area (Å²) in [5.41, 5.74) is 1.10. The van der Waals surface area contributed by atoms with E-state index in [1.54, 1.807) is 6.20 Å². The van der Waals surface area contributed by atoms with Gasteiger partial charge < -0.3 is 4.90 Å². The van der Waals surface area contributed by atoms with Gasteiger partial charge in [0.05, 0.1) is 11.9 Å². The van der Waals surface area contributed by atoms with Crippen LogP contribution in [0.1, 0.15) is 13.8 Å². The lowest BCUT2D eigenvalue weighted by molar-refractivity contribution is 0.655. The van der Waals surface area contributed by atoms with E-state index in [9.17, 15) is 0 Å². The molecule has 2 heteroatoms. The van der Waals surface area contributed by atoms with Crippen LogP contribution in [0.5, 0.6) is 0 Å². The van der Waals surface area contributed by atoms with Crippen molar-refractivity contribution in [1.82, 2.24) is 4.90 Å². The highest BCUT2D eigenvalue weighted by Crippen LogP contribution is 2.07. The summed E-state index contributed by atoms with van der Waals surface area (Å²) in [6, 6.07) is 0. The van der Waals surface area contributed by atoms with Crippen LogP contribution < -0.4 is 0 Å². The summed E-state index contributed by atoms with van der Waals surface area (Å²) in [7, 11) is 0. The molecule has 0 aromatic rings. The minimum Gasteiger partial charge on any atom is -0.321 e. The van der Waals surface area contributed by atoms with Gasteiger partial charge in [0.15, 0.2) is 0 Å². The van der Waals surface area contributed by atoms with Crippen LogP contribution in [0.4, 0.5) is 0 Å². The van der Waals surface area contributed by atoms with Crippen LogP contribution >= 0.6 is 0 Å². The van der Waals surface area contributed by atoms with Gasteiger partial charge in [-0.05, 0) is 13.8 Å². The molecule has 1 rings (SSSR count). The second-order valence-corrected chi connectivity index (χ2v) is 2.18. The number of allylic oxidation sites excluding steroid dienone is 3. The monoisotopic (exact) mass is 148 g/mol. The molecule has 58 valence electrons. The summed E-state index contributed by atoms with van der Waals surface area (Å²) in [5.74, 6) is 0. The van der Waals surface area contributed by atoms with Gasteiger partial charge in [0, 0.05) is 18.6 Å². The Bertz CT molecular complexity index is 234. The quantitative estimate of drug-likeness (QED) is 0.557. The van der Waals surface area contributed by atoms with Gasteiger partial charge in [-0.3, -0.25) is 4.99 Å². The molecular formula is C9H12N2. The Morgan fingerprint density at radius 2 is 2.27 bits per heavy atom. The van der Waals surface area contributed by atoms with Crippen LogP contribution in [0.3, 0.4) is 0 Å². The molecule has 0 spiro atoms. The first-order chi connectivity index (χ1) is 5.38. The summed E-state index contributed by atoms with van der Waals surface area (Å²) in [4.78, 5) is 6.03. The zero-order valence-corrected chi connectivity index (χ0v) is 6.86. The van der Waals surface area contributed by atoms with Gasteiger partial charge in [-0.15, -0.1) is 0 Å². The molecule has 0 saturated heterocycles. The first-order valence-electron chi connectivity index (χ1n) is 3.66. The fourth-order valence-corrected chi connectivity index (χ4v) is 0.902. The van der Waals surface area contributed by atoms with Crippen LogP contribution in [0.25, 0.3) is 0 Å². The predicted octanol–water partition coefficient (Wildman–Crippen LogP) is 2.28. The third-order valence-electron chi connectivity index (χ3n) is 1.42. The fraction of sp³-hybridized carbons (Fsp3) is 0.222. The van der Waals surface area contributed by atoms with Gasteiger partial charge in [-0.2, -0.15) is 0 Å². The molecule has 0 amide bonds. The van der Waals surface area contributed by atoms with Gasteiger partial charge in [0.1, 0.15) is 0 Å². The van der Waals surface area contributed by atoms with E-state index in [0.29, 0.717) is 0 Å². The lowest BCUT2D eigenvalue weighted by Crippen LogP contribution is -2.11. The standard InChI is InChI=1S/C9H12N2/c1-3-6-11-7-5-10-8-9(11)4-2/h3-8H,1-2H3/b6-3-,9-4-. The van der Waals surface area contributed by atoms with Gasteiger partial charge in [-0.25, -0.2) is 0 Å². The van der Waals surface area contributed by atoms with E-state index >= 15 is 0 Å². The number of hydrogen-bond donors (Lipinski definition) is 0. The Labute approximate surface area is 67.2 Å². The molecule has 0 saturated carbocycles. The summed E-state index contributed by atoms with van der Waals surface area (Å²) >= 11 is 0. The minimum absolute atomic E-state index is 1.10. The van der Waals surface area contributed by atoms with Crippen LogP contribution in [0, 0.1) is 0 Å². The van der Waals surface area contributed by atoms with E-state index in [-0.39, 0.29) is 0 Å². The molecule has 2 nitrogen and oxygen atoms in total. The van der Waals surface area contributed by atoms with Gasteiger partial charge in [0.25, 0.3) is 0 Å². The summed E-state index contributed by atoms with van der Waals surface area (Å²) < 4.78 is 0. The summed E-state index contributed by atoms with van der Waals surface area (Å²) in [6.07, 6.45) is 11.5. The molecule has 0 atom stereocenters. The summed E-state index contributed by atoms with van der Waals surface area (Å²) in [5, 5.41) is 0. The molecule has 1 aliphatic rings. The molecule has 0 aliphatic carbocycles. The number of hydrogen-bond acceptors (Lipinski definition) is 2. The Hall–Kier alpha value is -1.31. The van der Waals surface area contributed by atoms with Crippen molar-refractivity contribution in [2.75, 3.05) is 0 Å². The van der Waals surface area contributed by atoms with Crippen molar-refractivity contribution in [2.24, 2.45) is 4.99 Å². The average molecular weight is 148 g/mol. The number of nitrogens with zero attached hydrogens (tertiary/aromatic N) is 2. The topological polar surface area (TPSA) is 15.6 Å². The van der Waals surface area contributed by atoms with Crippen molar-refractivity contribution >= 4 is 6.21 Å². The maximum atomic E-state index is 4.01. The Balaban J connectivity index is 2.79. The largest absolute Gasteiger partial charge is 0.321 e. The maximum Gasteiger partial charge on any atom is 0.0590 e. The van der Waals surface area contributed by atoms with Gasteiger partial charge in [0.2, 0.25) is 0 Å². The van der Waals surface area contributed by atoms with E-state index in [4.69, 9.17) is 0 Å². The van der Waals surface area contributed by atoms with E-state index in [2.05, 4.69) is 4.99 Å². The second kappa shape index (κ2) is 3.76. The van der Waals surface area contributed by atoms with Gasteiger partial charge >= 0.3 is 0 Å². The molecule has 0 bridgehead atoms. The molecule has 1 heterocycles. The molecule has 11 heavy (non-hydrogen) atoms. The fourth-order valence-electron chi connectivity index (χ4n) is 0.902. The van der Waals surface area contributed by atoms with Crippen LogP contribution in [-0.2, 0) is 0 Å². The van der Waals surface area contributed by atoms with Crippen molar-refractivity contribution in [1.29, 1.82) is 0 Å². The van der Waals surface area contributed by atoms with E-state index in [1.807, 2.05) is 49.5 Å². The third kappa shape index (κ3) is 1.80. The Morgan fingerprint density at radius 1 is 1.45 bits per heavy atom. The molecule has 0 unspecified atom stereocenters. The molecule has 0 aromatic carbocycles. The minimum atomic E-state index is 1.10. The Morgan fingerprint density at radius 3 is 2.91 bits per heavy atom. The third-order valence-corrected chi connectivity index (χ3v) is 1.42. The lowest BCUT2D eigenvalue weighted by Gasteiger charge is -2.17. The normalized spacial score (nSPS) is 20.5. The predicted molar refractivity (Wildman–Crippen MR) is 48.0 cm³/mol. The molecule has 0 N–H and O–H groups in total. The average Bonchev–Trinajstić information content (AvgIpc) is 2.06. The smallest absolute Gasteiger partial charge is 0.0590 e. The van der Waals surface area contributed by atoms with Crippen molar-refractivity contribution in [3.05, 3.63) is 36.4 Å². The van der Waals surface area contributed by atoms with Crippen LogP contribution in [-0.4, -0.2) is 11.1 Å². The molecule has 1 aliphatic heterocycles. The van der Waals surface area contributed by atoms with E-state index < -0.39 is 0 Å². The highest BCUT2D eigenvalue weighted by molar-refractivity contribution is 5.79. The van der Waals surface area contributed by atoms with Crippen LogP contribution in [0.2, 0.25) is 0 Å². The van der Waals surface area contributed by atoms with Crippen molar-refractivity contribution in [2.45, 2.75) is 13.8 Å². The zero-order valence-electron chi connectivity index (χ0n) is 6.86. The highest BCUT2D eigenvalue weighted by atomic mass is 15.1. The van der Waals surface area contributed by atoms with E-state index in [1.165, 1.54) is 0 Å². The maximum absolute atomic E-state index is 4.01. The molecule has 0 aromatic heterocycles. The van der Waals surface area contributed by atoms with E-state index in [0.717, 1.165) is 5.70 Å². The lowest BCUT2D eigenvalue weighted by atomic mass is 10.3. The number of rotatable bonds is 1. The first-order valence-corrected chi connectivity index (χ1v) is 3.66. The number of aliphatic imine (C=N–C) groups is 1. The second-order valence-electron chi connectivity index (χ2n) is 2.18.